The van der Waals surface area contributed by atoms with Gasteiger partial charge >= 0.3 is 0 Å². The van der Waals surface area contributed by atoms with Crippen molar-refractivity contribution in [1.29, 1.82) is 0 Å². The monoisotopic (exact) mass is 634 g/mol. The maximum absolute atomic E-state index is 2.45. The first-order valence-electron chi connectivity index (χ1n) is 17.3. The summed E-state index contributed by atoms with van der Waals surface area (Å²) in [6.07, 6.45) is 0. The van der Waals surface area contributed by atoms with E-state index < -0.39 is 0 Å². The van der Waals surface area contributed by atoms with Gasteiger partial charge in [0.2, 0.25) is 0 Å². The molecule has 0 fully saturated rings. The van der Waals surface area contributed by atoms with Crippen LogP contribution in [0.3, 0.4) is 0 Å². The van der Waals surface area contributed by atoms with E-state index in [4.69, 9.17) is 0 Å². The molecule has 0 bridgehead atoms. The van der Waals surface area contributed by atoms with Gasteiger partial charge in [-0.2, -0.15) is 0 Å². The first-order valence-corrected chi connectivity index (χ1v) is 17.3. The summed E-state index contributed by atoms with van der Waals surface area (Å²) >= 11 is 0. The van der Waals surface area contributed by atoms with Crippen molar-refractivity contribution in [3.8, 4) is 66.8 Å². The Balaban J connectivity index is 1.41. The molecular weight excluding hydrogens is 601 g/mol. The highest BCUT2D eigenvalue weighted by Crippen LogP contribution is 2.47. The molecule has 0 radical (unpaired) electrons. The molecule has 9 aromatic carbocycles. The van der Waals surface area contributed by atoms with Crippen molar-refractivity contribution in [1.82, 2.24) is 0 Å². The van der Waals surface area contributed by atoms with Crippen molar-refractivity contribution >= 4 is 21.5 Å². The molecule has 234 valence electrons. The van der Waals surface area contributed by atoms with Gasteiger partial charge in [0.05, 0.1) is 0 Å². The summed E-state index contributed by atoms with van der Waals surface area (Å²) in [6.45, 7) is 0. The maximum Gasteiger partial charge on any atom is -0.00201 e. The van der Waals surface area contributed by atoms with E-state index in [2.05, 4.69) is 206 Å². The highest BCUT2D eigenvalue weighted by molar-refractivity contribution is 6.21. The van der Waals surface area contributed by atoms with Gasteiger partial charge in [-0.1, -0.05) is 200 Å². The zero-order valence-electron chi connectivity index (χ0n) is 27.6. The van der Waals surface area contributed by atoms with E-state index in [0.717, 1.165) is 0 Å². The maximum atomic E-state index is 2.45. The van der Waals surface area contributed by atoms with Gasteiger partial charge in [-0.25, -0.2) is 0 Å². The molecule has 0 nitrogen and oxygen atoms in total. The molecule has 0 N–H and O–H groups in total. The minimum atomic E-state index is 1.21. The van der Waals surface area contributed by atoms with Crippen LogP contribution in [0.5, 0.6) is 0 Å². The molecule has 0 aliphatic rings. The number of fused-ring (bicyclic) bond motifs is 2. The van der Waals surface area contributed by atoms with E-state index in [-0.39, 0.29) is 0 Å². The lowest BCUT2D eigenvalue weighted by Crippen LogP contribution is -1.94. The van der Waals surface area contributed by atoms with Crippen molar-refractivity contribution in [2.45, 2.75) is 0 Å². The fourth-order valence-electron chi connectivity index (χ4n) is 7.67. The summed E-state index contributed by atoms with van der Waals surface area (Å²) in [5.74, 6) is 0. The first-order chi connectivity index (χ1) is 24.8. The molecule has 0 aromatic heterocycles. The van der Waals surface area contributed by atoms with Gasteiger partial charge < -0.3 is 0 Å². The standard InChI is InChI=1S/C50H34/c1-4-18-35(19-5-1)38-24-10-13-27-41(38)43-30-16-32-46-48(43)34-49-44(42-28-14-11-25-39(42)36-20-6-2-7-21-36)31-17-33-47(49)50(46)45-29-15-12-26-40(45)37-22-8-3-9-23-37/h1-34H. The van der Waals surface area contributed by atoms with E-state index in [0.29, 0.717) is 0 Å². The van der Waals surface area contributed by atoms with Crippen LogP contribution >= 0.6 is 0 Å². The van der Waals surface area contributed by atoms with Crippen molar-refractivity contribution in [3.63, 3.8) is 0 Å². The fourth-order valence-corrected chi connectivity index (χ4v) is 7.67. The summed E-state index contributed by atoms with van der Waals surface area (Å²) in [5.41, 5.74) is 14.7. The van der Waals surface area contributed by atoms with Crippen molar-refractivity contribution in [2.24, 2.45) is 0 Å². The van der Waals surface area contributed by atoms with Crippen LogP contribution in [-0.2, 0) is 0 Å². The Labute approximate surface area is 293 Å². The van der Waals surface area contributed by atoms with Gasteiger partial charge in [0.1, 0.15) is 0 Å². The average Bonchev–Trinajstić information content (AvgIpc) is 3.20. The Bertz CT molecular complexity index is 2470. The van der Waals surface area contributed by atoms with Crippen LogP contribution in [0.1, 0.15) is 0 Å². The van der Waals surface area contributed by atoms with Crippen molar-refractivity contribution in [2.75, 3.05) is 0 Å². The summed E-state index contributed by atoms with van der Waals surface area (Å²) in [7, 11) is 0. The zero-order valence-corrected chi connectivity index (χ0v) is 27.6. The lowest BCUT2D eigenvalue weighted by atomic mass is 9.82. The second-order valence-electron chi connectivity index (χ2n) is 12.8. The van der Waals surface area contributed by atoms with Gasteiger partial charge in [0.15, 0.2) is 0 Å². The minimum absolute atomic E-state index is 1.21. The molecule has 50 heavy (non-hydrogen) atoms. The van der Waals surface area contributed by atoms with Crippen molar-refractivity contribution in [3.05, 3.63) is 206 Å². The second-order valence-corrected chi connectivity index (χ2v) is 12.8. The predicted octanol–water partition coefficient (Wildman–Crippen LogP) is 14.0. The van der Waals surface area contributed by atoms with Crippen LogP contribution < -0.4 is 0 Å². The number of hydrogen-bond donors (Lipinski definition) is 0. The molecule has 0 unspecified atom stereocenters. The highest BCUT2D eigenvalue weighted by atomic mass is 14.2. The van der Waals surface area contributed by atoms with Gasteiger partial charge in [0.25, 0.3) is 0 Å². The molecule has 0 aliphatic carbocycles. The molecule has 0 saturated heterocycles. The predicted molar refractivity (Wildman–Crippen MR) is 214 cm³/mol. The third-order valence-corrected chi connectivity index (χ3v) is 9.92. The smallest absolute Gasteiger partial charge is 0.00201 e. The summed E-state index contributed by atoms with van der Waals surface area (Å²) in [5, 5.41) is 4.97. The molecule has 0 aliphatic heterocycles. The van der Waals surface area contributed by atoms with Gasteiger partial charge in [-0.05, 0) is 94.4 Å². The Hall–Kier alpha value is -6.50. The van der Waals surface area contributed by atoms with Crippen LogP contribution in [0.2, 0.25) is 0 Å². The number of benzene rings is 9. The fraction of sp³-hybridized carbons (Fsp3) is 0. The van der Waals surface area contributed by atoms with Crippen LogP contribution in [0.15, 0.2) is 206 Å². The largest absolute Gasteiger partial charge is 0.0622 e. The van der Waals surface area contributed by atoms with Gasteiger partial charge in [-0.3, -0.25) is 0 Å². The molecule has 9 aromatic rings. The van der Waals surface area contributed by atoms with Gasteiger partial charge in [-0.15, -0.1) is 0 Å². The lowest BCUT2D eigenvalue weighted by molar-refractivity contribution is 1.59. The molecule has 0 heterocycles. The molecule has 0 spiro atoms. The van der Waals surface area contributed by atoms with Crippen LogP contribution in [0.25, 0.3) is 88.3 Å². The zero-order chi connectivity index (χ0) is 33.3. The second kappa shape index (κ2) is 12.8. The Morgan fingerprint density at radius 2 is 0.480 bits per heavy atom. The molecule has 0 atom stereocenters. The van der Waals surface area contributed by atoms with E-state index in [1.54, 1.807) is 0 Å². The third-order valence-electron chi connectivity index (χ3n) is 9.92. The Morgan fingerprint density at radius 1 is 0.180 bits per heavy atom. The Morgan fingerprint density at radius 3 is 0.880 bits per heavy atom. The van der Waals surface area contributed by atoms with Crippen LogP contribution in [-0.4, -0.2) is 0 Å². The van der Waals surface area contributed by atoms with E-state index in [1.165, 1.54) is 88.3 Å². The lowest BCUT2D eigenvalue weighted by Gasteiger charge is -2.21. The van der Waals surface area contributed by atoms with Crippen LogP contribution in [0, 0.1) is 0 Å². The van der Waals surface area contributed by atoms with E-state index >= 15 is 0 Å². The van der Waals surface area contributed by atoms with Gasteiger partial charge in [0, 0.05) is 0 Å². The number of rotatable bonds is 6. The van der Waals surface area contributed by atoms with E-state index in [9.17, 15) is 0 Å². The van der Waals surface area contributed by atoms with E-state index in [1.807, 2.05) is 0 Å². The summed E-state index contributed by atoms with van der Waals surface area (Å²) in [4.78, 5) is 0. The quantitative estimate of drug-likeness (QED) is 0.160. The molecule has 0 heteroatoms. The SMILES string of the molecule is c1ccc(-c2ccccc2-c2cccc3c(-c4ccccc4-c4ccccc4)c4cccc(-c5ccccc5-c5ccccc5)c4cc23)cc1. The first kappa shape index (κ1) is 29.6. The van der Waals surface area contributed by atoms with Crippen molar-refractivity contribution < 1.29 is 0 Å². The molecule has 0 amide bonds. The average molecular weight is 635 g/mol. The topological polar surface area (TPSA) is 0 Å². The summed E-state index contributed by atoms with van der Waals surface area (Å²) < 4.78 is 0. The third kappa shape index (κ3) is 5.19. The molecule has 0 saturated carbocycles. The molecule has 9 rings (SSSR count). The number of hydrogen-bond acceptors (Lipinski definition) is 0. The van der Waals surface area contributed by atoms with Crippen LogP contribution in [0.4, 0.5) is 0 Å². The minimum Gasteiger partial charge on any atom is -0.0622 e. The highest BCUT2D eigenvalue weighted by Gasteiger charge is 2.20. The summed E-state index contributed by atoms with van der Waals surface area (Å²) in [6, 6.07) is 74.9. The molecular formula is C50H34. The normalized spacial score (nSPS) is 11.2. The Kier molecular flexibility index (Phi) is 7.61.